The van der Waals surface area contributed by atoms with Gasteiger partial charge in [0.25, 0.3) is 0 Å². The van der Waals surface area contributed by atoms with Crippen LogP contribution < -0.4 is 5.32 Å². The maximum atomic E-state index is 4.46. The second-order valence-corrected chi connectivity index (χ2v) is 5.65. The third kappa shape index (κ3) is 2.81. The van der Waals surface area contributed by atoms with Crippen LogP contribution in [0.25, 0.3) is 0 Å². The van der Waals surface area contributed by atoms with E-state index in [0.717, 1.165) is 21.7 Å². The zero-order valence-electron chi connectivity index (χ0n) is 12.0. The summed E-state index contributed by atoms with van der Waals surface area (Å²) in [5, 5.41) is 7.98. The molecular weight excluding hydrogens is 304 g/mol. The molecule has 0 fully saturated rings. The van der Waals surface area contributed by atoms with E-state index in [0.29, 0.717) is 0 Å². The summed E-state index contributed by atoms with van der Waals surface area (Å²) in [7, 11) is 1.98. The van der Waals surface area contributed by atoms with Gasteiger partial charge in [-0.05, 0) is 55.8 Å². The van der Waals surface area contributed by atoms with Gasteiger partial charge in [0, 0.05) is 18.3 Å². The molecule has 0 aliphatic carbocycles. The normalized spacial score (nSPS) is 12.5. The molecule has 19 heavy (non-hydrogen) atoms. The van der Waals surface area contributed by atoms with Crippen molar-refractivity contribution in [1.29, 1.82) is 0 Å². The van der Waals surface area contributed by atoms with E-state index in [9.17, 15) is 0 Å². The van der Waals surface area contributed by atoms with Crippen LogP contribution in [0.5, 0.6) is 0 Å². The Labute approximate surface area is 122 Å². The Bertz CT molecular complexity index is 604. The summed E-state index contributed by atoms with van der Waals surface area (Å²) in [5.41, 5.74) is 5.56. The Kier molecular flexibility index (Phi) is 3.94. The first-order valence-electron chi connectivity index (χ1n) is 6.30. The van der Waals surface area contributed by atoms with E-state index >= 15 is 0 Å². The highest BCUT2D eigenvalue weighted by atomic mass is 79.9. The third-order valence-electron chi connectivity index (χ3n) is 3.42. The monoisotopic (exact) mass is 322 g/mol. The quantitative estimate of drug-likeness (QED) is 0.876. The van der Waals surface area contributed by atoms with Crippen LogP contribution in [-0.4, -0.2) is 14.8 Å². The number of hydrogen-bond donors (Lipinski definition) is 1. The first kappa shape index (κ1) is 14.1. The predicted molar refractivity (Wildman–Crippen MR) is 81.4 cm³/mol. The van der Waals surface area contributed by atoms with Crippen LogP contribution in [0.15, 0.2) is 16.7 Å². The molecule has 5 heteroatoms. The van der Waals surface area contributed by atoms with Gasteiger partial charge in [0.2, 0.25) is 0 Å². The van der Waals surface area contributed by atoms with E-state index in [1.165, 1.54) is 11.3 Å². The van der Waals surface area contributed by atoms with Crippen molar-refractivity contribution >= 4 is 21.6 Å². The molecule has 0 bridgehead atoms. The average Bonchev–Trinajstić information content (AvgIpc) is 2.57. The van der Waals surface area contributed by atoms with Crippen LogP contribution in [-0.2, 0) is 7.05 Å². The maximum absolute atomic E-state index is 4.46. The van der Waals surface area contributed by atoms with Gasteiger partial charge in [-0.25, -0.2) is 4.98 Å². The van der Waals surface area contributed by atoms with Gasteiger partial charge in [0.05, 0.1) is 23.1 Å². The zero-order valence-corrected chi connectivity index (χ0v) is 13.5. The van der Waals surface area contributed by atoms with Crippen molar-refractivity contribution in [3.63, 3.8) is 0 Å². The van der Waals surface area contributed by atoms with E-state index in [2.05, 4.69) is 45.2 Å². The van der Waals surface area contributed by atoms with Crippen molar-refractivity contribution in [3.8, 4) is 0 Å². The molecule has 1 N–H and O–H groups in total. The lowest BCUT2D eigenvalue weighted by Gasteiger charge is -2.17. The molecule has 0 aromatic carbocycles. The van der Waals surface area contributed by atoms with Gasteiger partial charge in [-0.3, -0.25) is 4.68 Å². The molecule has 1 unspecified atom stereocenters. The Balaban J connectivity index is 2.28. The van der Waals surface area contributed by atoms with Crippen LogP contribution in [0, 0.1) is 20.8 Å². The molecule has 2 heterocycles. The molecule has 2 rings (SSSR count). The molecule has 0 radical (unpaired) electrons. The number of halogens is 1. The second-order valence-electron chi connectivity index (χ2n) is 4.84. The van der Waals surface area contributed by atoms with E-state index in [1.807, 2.05) is 37.7 Å². The summed E-state index contributed by atoms with van der Waals surface area (Å²) >= 11 is 3.38. The van der Waals surface area contributed by atoms with Crippen molar-refractivity contribution < 1.29 is 0 Å². The van der Waals surface area contributed by atoms with Gasteiger partial charge >= 0.3 is 0 Å². The van der Waals surface area contributed by atoms with Gasteiger partial charge in [-0.1, -0.05) is 0 Å². The summed E-state index contributed by atoms with van der Waals surface area (Å²) in [5.74, 6) is 0. The Morgan fingerprint density at radius 2 is 1.89 bits per heavy atom. The zero-order chi connectivity index (χ0) is 14.2. The first-order chi connectivity index (χ1) is 8.90. The molecule has 1 atom stereocenters. The summed E-state index contributed by atoms with van der Waals surface area (Å²) in [4.78, 5) is 4.40. The third-order valence-corrected chi connectivity index (χ3v) is 3.86. The Hall–Kier alpha value is -1.36. The lowest BCUT2D eigenvalue weighted by Crippen LogP contribution is -2.10. The number of hydrogen-bond acceptors (Lipinski definition) is 3. The molecule has 0 aliphatic heterocycles. The topological polar surface area (TPSA) is 42.7 Å². The smallest absolute Gasteiger partial charge is 0.106 e. The molecule has 4 nitrogen and oxygen atoms in total. The summed E-state index contributed by atoms with van der Waals surface area (Å²) in [6.45, 7) is 8.30. The number of nitrogens with zero attached hydrogens (tertiary/aromatic N) is 3. The minimum Gasteiger partial charge on any atom is -0.377 e. The van der Waals surface area contributed by atoms with Crippen molar-refractivity contribution in [3.05, 3.63) is 39.4 Å². The number of pyridine rings is 1. The van der Waals surface area contributed by atoms with E-state index in [4.69, 9.17) is 0 Å². The summed E-state index contributed by atoms with van der Waals surface area (Å²) < 4.78 is 2.78. The number of aryl methyl sites for hydroxylation is 3. The maximum Gasteiger partial charge on any atom is 0.106 e. The number of rotatable bonds is 3. The molecule has 0 saturated carbocycles. The fourth-order valence-electron chi connectivity index (χ4n) is 2.41. The molecule has 102 valence electrons. The minimum absolute atomic E-state index is 0.204. The van der Waals surface area contributed by atoms with Gasteiger partial charge in [0.15, 0.2) is 0 Å². The van der Waals surface area contributed by atoms with Crippen molar-refractivity contribution in [2.75, 3.05) is 5.32 Å². The molecule has 2 aromatic rings. The number of anilines is 1. The molecule has 0 saturated heterocycles. The van der Waals surface area contributed by atoms with Crippen LogP contribution in [0.3, 0.4) is 0 Å². The molecule has 0 amide bonds. The predicted octanol–water partition coefficient (Wildman–Crippen LogP) is 3.68. The summed E-state index contributed by atoms with van der Waals surface area (Å²) in [6, 6.07) is 4.20. The Morgan fingerprint density at radius 3 is 2.42 bits per heavy atom. The van der Waals surface area contributed by atoms with Gasteiger partial charge in [-0.15, -0.1) is 0 Å². The van der Waals surface area contributed by atoms with E-state index < -0.39 is 0 Å². The SMILES string of the molecule is Cc1nc(Br)ccc1NC(C)c1c(C)nn(C)c1C. The standard InChI is InChI=1S/C14H19BrN4/c1-8-12(6-7-13(15)17-8)16-9(2)14-10(3)18-19(5)11(14)4/h6-7,9,16H,1-5H3. The fourth-order valence-corrected chi connectivity index (χ4v) is 2.80. The molecule has 0 spiro atoms. The molecule has 0 aliphatic rings. The largest absolute Gasteiger partial charge is 0.377 e. The molecular formula is C14H19BrN4. The number of aromatic nitrogens is 3. The Morgan fingerprint density at radius 1 is 1.21 bits per heavy atom. The van der Waals surface area contributed by atoms with Crippen LogP contribution in [0.4, 0.5) is 5.69 Å². The van der Waals surface area contributed by atoms with Gasteiger partial charge in [-0.2, -0.15) is 5.10 Å². The highest BCUT2D eigenvalue weighted by Crippen LogP contribution is 2.26. The van der Waals surface area contributed by atoms with E-state index in [1.54, 1.807) is 0 Å². The second kappa shape index (κ2) is 5.33. The van der Waals surface area contributed by atoms with Gasteiger partial charge < -0.3 is 5.32 Å². The average molecular weight is 323 g/mol. The van der Waals surface area contributed by atoms with E-state index in [-0.39, 0.29) is 6.04 Å². The minimum atomic E-state index is 0.204. The summed E-state index contributed by atoms with van der Waals surface area (Å²) in [6.07, 6.45) is 0. The van der Waals surface area contributed by atoms with Crippen molar-refractivity contribution in [2.45, 2.75) is 33.7 Å². The lowest BCUT2D eigenvalue weighted by molar-refractivity contribution is 0.728. The molecule has 2 aromatic heterocycles. The van der Waals surface area contributed by atoms with Crippen LogP contribution in [0.1, 0.15) is 35.6 Å². The highest BCUT2D eigenvalue weighted by molar-refractivity contribution is 9.10. The first-order valence-corrected chi connectivity index (χ1v) is 7.09. The van der Waals surface area contributed by atoms with Crippen LogP contribution in [0.2, 0.25) is 0 Å². The van der Waals surface area contributed by atoms with Crippen molar-refractivity contribution in [2.24, 2.45) is 7.05 Å². The fraction of sp³-hybridized carbons (Fsp3) is 0.429. The number of nitrogens with one attached hydrogen (secondary N) is 1. The van der Waals surface area contributed by atoms with Crippen molar-refractivity contribution in [1.82, 2.24) is 14.8 Å². The van der Waals surface area contributed by atoms with Gasteiger partial charge in [0.1, 0.15) is 4.60 Å². The highest BCUT2D eigenvalue weighted by Gasteiger charge is 2.16. The van der Waals surface area contributed by atoms with Crippen LogP contribution >= 0.6 is 15.9 Å². The lowest BCUT2D eigenvalue weighted by atomic mass is 10.1.